The molecule has 19 heavy (non-hydrogen) atoms. The maximum atomic E-state index is 4.75. The molecule has 1 aliphatic carbocycles. The summed E-state index contributed by atoms with van der Waals surface area (Å²) in [6.45, 7) is 6.33. The zero-order valence-electron chi connectivity index (χ0n) is 11.9. The van der Waals surface area contributed by atoms with Gasteiger partial charge in [-0.15, -0.1) is 0 Å². The summed E-state index contributed by atoms with van der Waals surface area (Å²) < 4.78 is 2.31. The molecule has 0 aliphatic heterocycles. The number of fused-ring (bicyclic) bond motifs is 1. The smallest absolute Gasteiger partial charge is 0.123 e. The molecular weight excluding hydrogens is 234 g/mol. The van der Waals surface area contributed by atoms with Gasteiger partial charge in [0.25, 0.3) is 0 Å². The Bertz CT molecular complexity index is 554. The van der Waals surface area contributed by atoms with Gasteiger partial charge in [-0.3, -0.25) is 0 Å². The first-order valence-corrected chi connectivity index (χ1v) is 7.45. The van der Waals surface area contributed by atoms with E-state index in [1.54, 1.807) is 0 Å². The molecule has 1 aromatic carbocycles. The van der Waals surface area contributed by atoms with Crippen LogP contribution in [0.3, 0.4) is 0 Å². The van der Waals surface area contributed by atoms with Crippen LogP contribution in [0.5, 0.6) is 0 Å². The first-order valence-electron chi connectivity index (χ1n) is 7.45. The molecule has 1 atom stereocenters. The summed E-state index contributed by atoms with van der Waals surface area (Å²) in [5.41, 5.74) is 2.35. The Balaban J connectivity index is 1.72. The highest BCUT2D eigenvalue weighted by molar-refractivity contribution is 5.75. The highest BCUT2D eigenvalue weighted by Crippen LogP contribution is 2.33. The Morgan fingerprint density at radius 3 is 2.89 bits per heavy atom. The molecule has 1 heterocycles. The van der Waals surface area contributed by atoms with Gasteiger partial charge in [-0.05, 0) is 38.3 Å². The standard InChI is InChI=1S/C16H23N3/c1-3-19-15-7-5-4-6-14(15)18-16(19)11-17-12(2)10-13-8-9-13/h4-7,12-13,17H,3,8-11H2,1-2H3. The predicted molar refractivity (Wildman–Crippen MR) is 79.0 cm³/mol. The maximum Gasteiger partial charge on any atom is 0.123 e. The monoisotopic (exact) mass is 257 g/mol. The van der Waals surface area contributed by atoms with Crippen LogP contribution in [0.1, 0.15) is 38.9 Å². The van der Waals surface area contributed by atoms with E-state index in [4.69, 9.17) is 4.98 Å². The van der Waals surface area contributed by atoms with Gasteiger partial charge in [0.15, 0.2) is 0 Å². The fourth-order valence-electron chi connectivity index (χ4n) is 2.82. The minimum atomic E-state index is 0.595. The summed E-state index contributed by atoms with van der Waals surface area (Å²) in [6.07, 6.45) is 4.17. The van der Waals surface area contributed by atoms with Gasteiger partial charge in [0.1, 0.15) is 5.82 Å². The van der Waals surface area contributed by atoms with Crippen LogP contribution in [-0.2, 0) is 13.1 Å². The lowest BCUT2D eigenvalue weighted by Gasteiger charge is -2.13. The third-order valence-corrected chi connectivity index (χ3v) is 4.04. The van der Waals surface area contributed by atoms with Gasteiger partial charge < -0.3 is 9.88 Å². The van der Waals surface area contributed by atoms with Gasteiger partial charge in [0.2, 0.25) is 0 Å². The van der Waals surface area contributed by atoms with Gasteiger partial charge in [-0.25, -0.2) is 4.98 Å². The number of aryl methyl sites for hydroxylation is 1. The number of imidazole rings is 1. The van der Waals surface area contributed by atoms with Crippen molar-refractivity contribution in [2.45, 2.75) is 52.2 Å². The molecule has 1 fully saturated rings. The average Bonchev–Trinajstić information content (AvgIpc) is 3.15. The number of nitrogens with zero attached hydrogens (tertiary/aromatic N) is 2. The molecule has 0 saturated heterocycles. The SMILES string of the molecule is CCn1c(CNC(C)CC2CC2)nc2ccccc21. The summed E-state index contributed by atoms with van der Waals surface area (Å²) in [4.78, 5) is 4.75. The van der Waals surface area contributed by atoms with Crippen molar-refractivity contribution in [2.75, 3.05) is 0 Å². The molecule has 1 unspecified atom stereocenters. The van der Waals surface area contributed by atoms with E-state index < -0.39 is 0 Å². The van der Waals surface area contributed by atoms with E-state index in [1.165, 1.54) is 24.8 Å². The van der Waals surface area contributed by atoms with E-state index in [0.717, 1.165) is 30.3 Å². The van der Waals surface area contributed by atoms with Crippen molar-refractivity contribution in [3.63, 3.8) is 0 Å². The molecule has 0 radical (unpaired) electrons. The molecule has 3 heteroatoms. The van der Waals surface area contributed by atoms with E-state index >= 15 is 0 Å². The first kappa shape index (κ1) is 12.7. The third kappa shape index (κ3) is 2.81. The van der Waals surface area contributed by atoms with Gasteiger partial charge in [0, 0.05) is 12.6 Å². The minimum absolute atomic E-state index is 0.595. The minimum Gasteiger partial charge on any atom is -0.327 e. The van der Waals surface area contributed by atoms with Crippen molar-refractivity contribution in [1.29, 1.82) is 0 Å². The number of hydrogen-bond acceptors (Lipinski definition) is 2. The fourth-order valence-corrected chi connectivity index (χ4v) is 2.82. The Morgan fingerprint density at radius 2 is 2.16 bits per heavy atom. The van der Waals surface area contributed by atoms with E-state index in [2.05, 4.69) is 48.0 Å². The molecule has 1 aromatic heterocycles. The van der Waals surface area contributed by atoms with Crippen LogP contribution in [-0.4, -0.2) is 15.6 Å². The molecule has 0 bridgehead atoms. The van der Waals surface area contributed by atoms with Crippen molar-refractivity contribution in [3.8, 4) is 0 Å². The lowest BCUT2D eigenvalue weighted by Crippen LogP contribution is -2.27. The van der Waals surface area contributed by atoms with Crippen molar-refractivity contribution >= 4 is 11.0 Å². The number of rotatable bonds is 6. The van der Waals surface area contributed by atoms with E-state index in [0.29, 0.717) is 6.04 Å². The molecule has 1 aliphatic rings. The highest BCUT2D eigenvalue weighted by Gasteiger charge is 2.23. The molecule has 1 saturated carbocycles. The van der Waals surface area contributed by atoms with Crippen molar-refractivity contribution < 1.29 is 0 Å². The maximum absolute atomic E-state index is 4.75. The zero-order valence-corrected chi connectivity index (χ0v) is 11.9. The Morgan fingerprint density at radius 1 is 1.37 bits per heavy atom. The van der Waals surface area contributed by atoms with Crippen LogP contribution >= 0.6 is 0 Å². The highest BCUT2D eigenvalue weighted by atomic mass is 15.1. The van der Waals surface area contributed by atoms with Gasteiger partial charge in [0.05, 0.1) is 17.6 Å². The van der Waals surface area contributed by atoms with Crippen molar-refractivity contribution in [2.24, 2.45) is 5.92 Å². The van der Waals surface area contributed by atoms with Crippen LogP contribution in [0.2, 0.25) is 0 Å². The molecule has 3 nitrogen and oxygen atoms in total. The predicted octanol–water partition coefficient (Wildman–Crippen LogP) is 3.33. The number of para-hydroxylation sites is 2. The normalized spacial score (nSPS) is 16.9. The molecular formula is C16H23N3. The molecule has 3 rings (SSSR count). The average molecular weight is 257 g/mol. The lowest BCUT2D eigenvalue weighted by molar-refractivity contribution is 0.474. The topological polar surface area (TPSA) is 29.9 Å². The third-order valence-electron chi connectivity index (χ3n) is 4.04. The lowest BCUT2D eigenvalue weighted by atomic mass is 10.1. The number of aromatic nitrogens is 2. The van der Waals surface area contributed by atoms with Crippen molar-refractivity contribution in [1.82, 2.24) is 14.9 Å². The Hall–Kier alpha value is -1.35. The second kappa shape index (κ2) is 5.33. The number of benzene rings is 1. The van der Waals surface area contributed by atoms with Gasteiger partial charge in [-0.2, -0.15) is 0 Å². The van der Waals surface area contributed by atoms with Crippen LogP contribution in [0.25, 0.3) is 11.0 Å². The second-order valence-electron chi connectivity index (χ2n) is 5.72. The number of hydrogen-bond donors (Lipinski definition) is 1. The first-order chi connectivity index (χ1) is 9.28. The van der Waals surface area contributed by atoms with Crippen LogP contribution in [0.15, 0.2) is 24.3 Å². The van der Waals surface area contributed by atoms with E-state index in [9.17, 15) is 0 Å². The van der Waals surface area contributed by atoms with Gasteiger partial charge in [-0.1, -0.05) is 25.0 Å². The number of nitrogens with one attached hydrogen (secondary N) is 1. The van der Waals surface area contributed by atoms with Crippen LogP contribution < -0.4 is 5.32 Å². The second-order valence-corrected chi connectivity index (χ2v) is 5.72. The van der Waals surface area contributed by atoms with Gasteiger partial charge >= 0.3 is 0 Å². The molecule has 1 N–H and O–H groups in total. The quantitative estimate of drug-likeness (QED) is 0.860. The molecule has 2 aromatic rings. The molecule has 102 valence electrons. The largest absolute Gasteiger partial charge is 0.327 e. The van der Waals surface area contributed by atoms with Crippen molar-refractivity contribution in [3.05, 3.63) is 30.1 Å². The molecule has 0 spiro atoms. The van der Waals surface area contributed by atoms with E-state index in [1.807, 2.05) is 0 Å². The molecule has 0 amide bonds. The van der Waals surface area contributed by atoms with Crippen LogP contribution in [0.4, 0.5) is 0 Å². The zero-order chi connectivity index (χ0) is 13.2. The van der Waals surface area contributed by atoms with Crippen LogP contribution in [0, 0.1) is 5.92 Å². The summed E-state index contributed by atoms with van der Waals surface area (Å²) >= 11 is 0. The van der Waals surface area contributed by atoms with E-state index in [-0.39, 0.29) is 0 Å². The Kier molecular flexibility index (Phi) is 3.56. The summed E-state index contributed by atoms with van der Waals surface area (Å²) in [5.74, 6) is 2.14. The summed E-state index contributed by atoms with van der Waals surface area (Å²) in [7, 11) is 0. The Labute approximate surface area is 115 Å². The summed E-state index contributed by atoms with van der Waals surface area (Å²) in [6, 6.07) is 8.99. The summed E-state index contributed by atoms with van der Waals surface area (Å²) in [5, 5.41) is 3.62. The fraction of sp³-hybridized carbons (Fsp3) is 0.562.